The van der Waals surface area contributed by atoms with Gasteiger partial charge in [0.1, 0.15) is 0 Å². The molecule has 76 valence electrons. The lowest BCUT2D eigenvalue weighted by Gasteiger charge is -2.32. The lowest BCUT2D eigenvalue weighted by molar-refractivity contribution is 0.00578. The number of aromatic nitrogens is 2. The highest BCUT2D eigenvalue weighted by atomic mass is 16.7. The highest BCUT2D eigenvalue weighted by Gasteiger charge is 2.53. The maximum absolute atomic E-state index is 5.71. The van der Waals surface area contributed by atoms with Crippen LogP contribution in [-0.2, 0) is 9.31 Å². The molecule has 1 fully saturated rings. The lowest BCUT2D eigenvalue weighted by atomic mass is 9.87. The fourth-order valence-electron chi connectivity index (χ4n) is 1.24. The van der Waals surface area contributed by atoms with Crippen molar-refractivity contribution >= 4 is 12.8 Å². The standard InChI is InChI=1S/C8H13BN2O3/c1-7(2)8(3,4)14-9(13-7)6-5-10-11-12-6/h5H,1-4H3. The van der Waals surface area contributed by atoms with E-state index >= 15 is 0 Å². The SMILES string of the molecule is CC1(C)OB(c2cnno2)OC1(C)C. The van der Waals surface area contributed by atoms with Gasteiger partial charge in [0.05, 0.1) is 17.4 Å². The highest BCUT2D eigenvalue weighted by molar-refractivity contribution is 6.60. The molecule has 1 aliphatic rings. The van der Waals surface area contributed by atoms with Crippen molar-refractivity contribution in [3.05, 3.63) is 6.20 Å². The van der Waals surface area contributed by atoms with Crippen LogP contribution in [0, 0.1) is 0 Å². The van der Waals surface area contributed by atoms with Crippen LogP contribution < -0.4 is 5.66 Å². The normalized spacial score (nSPS) is 24.1. The van der Waals surface area contributed by atoms with Gasteiger partial charge in [0.25, 0.3) is 0 Å². The molecule has 0 aliphatic carbocycles. The quantitative estimate of drug-likeness (QED) is 0.607. The van der Waals surface area contributed by atoms with E-state index in [1.54, 1.807) is 0 Å². The molecule has 1 saturated heterocycles. The van der Waals surface area contributed by atoms with Crippen LogP contribution in [0.1, 0.15) is 27.7 Å². The molecule has 5 nitrogen and oxygen atoms in total. The molecule has 0 radical (unpaired) electrons. The summed E-state index contributed by atoms with van der Waals surface area (Å²) in [4.78, 5) is 0. The molecule has 1 aromatic rings. The summed E-state index contributed by atoms with van der Waals surface area (Å²) in [6, 6.07) is 0. The summed E-state index contributed by atoms with van der Waals surface area (Å²) >= 11 is 0. The van der Waals surface area contributed by atoms with E-state index in [1.165, 1.54) is 6.20 Å². The largest absolute Gasteiger partial charge is 0.537 e. The third kappa shape index (κ3) is 1.34. The Balaban J connectivity index is 2.22. The summed E-state index contributed by atoms with van der Waals surface area (Å²) in [6.07, 6.45) is 1.50. The fourth-order valence-corrected chi connectivity index (χ4v) is 1.24. The third-order valence-corrected chi connectivity index (χ3v) is 2.86. The average molecular weight is 196 g/mol. The molecule has 0 aromatic carbocycles. The van der Waals surface area contributed by atoms with Gasteiger partial charge in [0.2, 0.25) is 0 Å². The Morgan fingerprint density at radius 3 is 2.14 bits per heavy atom. The molecule has 0 atom stereocenters. The van der Waals surface area contributed by atoms with Gasteiger partial charge in [-0.05, 0) is 27.7 Å². The smallest absolute Gasteiger partial charge is 0.397 e. The first kappa shape index (κ1) is 9.67. The predicted octanol–water partition coefficient (Wildman–Crippen LogP) is 0.369. The maximum atomic E-state index is 5.71. The molecule has 6 heteroatoms. The van der Waals surface area contributed by atoms with Crippen molar-refractivity contribution in [3.63, 3.8) is 0 Å². The third-order valence-electron chi connectivity index (χ3n) is 2.86. The van der Waals surface area contributed by atoms with Crippen LogP contribution in [0.5, 0.6) is 0 Å². The van der Waals surface area contributed by atoms with E-state index in [-0.39, 0.29) is 11.2 Å². The first-order valence-electron chi connectivity index (χ1n) is 4.55. The van der Waals surface area contributed by atoms with E-state index in [2.05, 4.69) is 10.4 Å². The van der Waals surface area contributed by atoms with Crippen LogP contribution in [0.3, 0.4) is 0 Å². The molecule has 0 amide bonds. The Hall–Kier alpha value is -0.875. The zero-order valence-electron chi connectivity index (χ0n) is 8.77. The average Bonchev–Trinajstić information content (AvgIpc) is 2.58. The summed E-state index contributed by atoms with van der Waals surface area (Å²) < 4.78 is 16.3. The fraction of sp³-hybridized carbons (Fsp3) is 0.750. The Morgan fingerprint density at radius 2 is 1.71 bits per heavy atom. The van der Waals surface area contributed by atoms with E-state index in [0.29, 0.717) is 5.66 Å². The first-order chi connectivity index (χ1) is 6.42. The Labute approximate surface area is 82.9 Å². The Morgan fingerprint density at radius 1 is 1.14 bits per heavy atom. The van der Waals surface area contributed by atoms with Gasteiger partial charge in [-0.15, -0.1) is 5.10 Å². The van der Waals surface area contributed by atoms with Gasteiger partial charge in [0.15, 0.2) is 5.66 Å². The number of nitrogens with zero attached hydrogens (tertiary/aromatic N) is 2. The van der Waals surface area contributed by atoms with Gasteiger partial charge >= 0.3 is 7.12 Å². The molecule has 0 N–H and O–H groups in total. The molecular weight excluding hydrogens is 183 g/mol. The van der Waals surface area contributed by atoms with E-state index in [1.807, 2.05) is 27.7 Å². The summed E-state index contributed by atoms with van der Waals surface area (Å²) in [6.45, 7) is 7.93. The Bertz CT molecular complexity index is 307. The zero-order valence-corrected chi connectivity index (χ0v) is 8.77. The molecule has 14 heavy (non-hydrogen) atoms. The molecule has 0 saturated carbocycles. The second-order valence-corrected chi connectivity index (χ2v) is 4.41. The molecule has 1 aromatic heterocycles. The number of hydrogen-bond acceptors (Lipinski definition) is 5. The molecule has 1 aliphatic heterocycles. The van der Waals surface area contributed by atoms with Gasteiger partial charge < -0.3 is 13.8 Å². The summed E-state index contributed by atoms with van der Waals surface area (Å²) in [7, 11) is -0.505. The summed E-state index contributed by atoms with van der Waals surface area (Å²) in [5.74, 6) is 0. The van der Waals surface area contributed by atoms with Crippen LogP contribution >= 0.6 is 0 Å². The van der Waals surface area contributed by atoms with Crippen LogP contribution in [0.4, 0.5) is 0 Å². The molecule has 2 heterocycles. The first-order valence-corrected chi connectivity index (χ1v) is 4.55. The van der Waals surface area contributed by atoms with Crippen molar-refractivity contribution in [3.8, 4) is 0 Å². The van der Waals surface area contributed by atoms with Crippen molar-refractivity contribution in [1.29, 1.82) is 0 Å². The molecular formula is C8H13BN2O3. The van der Waals surface area contributed by atoms with Crippen molar-refractivity contribution < 1.29 is 13.8 Å². The highest BCUT2D eigenvalue weighted by Crippen LogP contribution is 2.36. The van der Waals surface area contributed by atoms with E-state index < -0.39 is 7.12 Å². The van der Waals surface area contributed by atoms with Gasteiger partial charge in [-0.3, -0.25) is 0 Å². The number of rotatable bonds is 1. The lowest BCUT2D eigenvalue weighted by Crippen LogP contribution is -2.41. The summed E-state index contributed by atoms with van der Waals surface area (Å²) in [5.41, 5.74) is -0.210. The van der Waals surface area contributed by atoms with Crippen LogP contribution in [0.15, 0.2) is 10.7 Å². The minimum atomic E-state index is -0.505. The zero-order chi connectivity index (χ0) is 10.4. The van der Waals surface area contributed by atoms with Crippen molar-refractivity contribution in [1.82, 2.24) is 10.4 Å². The topological polar surface area (TPSA) is 57.4 Å². The van der Waals surface area contributed by atoms with Crippen LogP contribution in [-0.4, -0.2) is 28.7 Å². The molecule has 0 unspecified atom stereocenters. The van der Waals surface area contributed by atoms with E-state index in [9.17, 15) is 0 Å². The van der Waals surface area contributed by atoms with Gasteiger partial charge in [-0.1, -0.05) is 0 Å². The van der Waals surface area contributed by atoms with Crippen molar-refractivity contribution in [2.24, 2.45) is 0 Å². The maximum Gasteiger partial charge on any atom is 0.537 e. The van der Waals surface area contributed by atoms with Gasteiger partial charge in [-0.25, -0.2) is 0 Å². The molecule has 2 rings (SSSR count). The molecule has 0 bridgehead atoms. The monoisotopic (exact) mass is 196 g/mol. The van der Waals surface area contributed by atoms with Crippen LogP contribution in [0.25, 0.3) is 0 Å². The van der Waals surface area contributed by atoms with Gasteiger partial charge in [0, 0.05) is 5.27 Å². The van der Waals surface area contributed by atoms with Crippen molar-refractivity contribution in [2.45, 2.75) is 38.9 Å². The second-order valence-electron chi connectivity index (χ2n) is 4.41. The van der Waals surface area contributed by atoms with Gasteiger partial charge in [-0.2, -0.15) is 0 Å². The number of hydrogen-bond donors (Lipinski definition) is 0. The minimum Gasteiger partial charge on any atom is -0.397 e. The summed E-state index contributed by atoms with van der Waals surface area (Å²) in [5, 5.41) is 6.96. The van der Waals surface area contributed by atoms with E-state index in [4.69, 9.17) is 13.8 Å². The predicted molar refractivity (Wildman–Crippen MR) is 50.0 cm³/mol. The second kappa shape index (κ2) is 2.81. The minimum absolute atomic E-state index is 0.357. The molecule has 0 spiro atoms. The van der Waals surface area contributed by atoms with Crippen LogP contribution in [0.2, 0.25) is 0 Å². The van der Waals surface area contributed by atoms with E-state index in [0.717, 1.165) is 0 Å². The Kier molecular flexibility index (Phi) is 1.94. The van der Waals surface area contributed by atoms with Crippen molar-refractivity contribution in [2.75, 3.05) is 0 Å².